The van der Waals surface area contributed by atoms with Crippen molar-refractivity contribution in [2.75, 3.05) is 0 Å². The molecule has 0 spiro atoms. The summed E-state index contributed by atoms with van der Waals surface area (Å²) >= 11 is 6.53. The molecule has 1 aromatic carbocycles. The summed E-state index contributed by atoms with van der Waals surface area (Å²) in [6.07, 6.45) is -0.0353. The molecule has 2 aliphatic rings. The summed E-state index contributed by atoms with van der Waals surface area (Å²) in [6, 6.07) is 0. The summed E-state index contributed by atoms with van der Waals surface area (Å²) in [5.74, 6) is -0.726. The number of carbonyl (C=O) groups excluding carboxylic acids is 1. The molecule has 2 atom stereocenters. The third-order valence-corrected chi connectivity index (χ3v) is 5.69. The lowest BCUT2D eigenvalue weighted by Gasteiger charge is -2.56. The van der Waals surface area contributed by atoms with Gasteiger partial charge < -0.3 is 5.73 Å². The van der Waals surface area contributed by atoms with Gasteiger partial charge in [0, 0.05) is 0 Å². The molecular formula is C12H3B9ClNO. The van der Waals surface area contributed by atoms with Crippen molar-refractivity contribution in [1.82, 2.24) is 0 Å². The number of rotatable bonds is 0. The quantitative estimate of drug-likeness (QED) is 0.486. The molecule has 1 aliphatic heterocycles. The highest BCUT2D eigenvalue weighted by Crippen LogP contribution is 2.64. The van der Waals surface area contributed by atoms with Gasteiger partial charge in [0.1, 0.15) is 39.2 Å². The Morgan fingerprint density at radius 2 is 1.46 bits per heavy atom. The molecule has 1 aliphatic carbocycles. The van der Waals surface area contributed by atoms with Gasteiger partial charge in [-0.15, -0.1) is 16.4 Å². The number of nitrogens with two attached hydrogens (primary N) is 1. The van der Waals surface area contributed by atoms with Gasteiger partial charge in [0.15, 0.2) is 5.78 Å². The van der Waals surface area contributed by atoms with E-state index in [1.54, 1.807) is 0 Å². The number of hydrogen-bond donors (Lipinski definition) is 1. The third kappa shape index (κ3) is 1.71. The molecule has 0 saturated carbocycles. The van der Waals surface area contributed by atoms with Gasteiger partial charge in [-0.25, -0.2) is 0 Å². The summed E-state index contributed by atoms with van der Waals surface area (Å²) < 4.78 is 0. The van der Waals surface area contributed by atoms with Crippen LogP contribution in [0.2, 0.25) is 10.4 Å². The van der Waals surface area contributed by atoms with Crippen molar-refractivity contribution in [3.05, 3.63) is 17.1 Å². The molecule has 16 radical (unpaired) electrons. The number of allylic oxidation sites excluding steroid dienone is 1. The second-order valence-corrected chi connectivity index (χ2v) is 6.78. The number of fused-ring (bicyclic) bond motifs is 3. The number of halogens is 1. The Morgan fingerprint density at radius 3 is 2.00 bits per heavy atom. The van der Waals surface area contributed by atoms with Gasteiger partial charge in [-0.3, -0.25) is 4.79 Å². The van der Waals surface area contributed by atoms with Crippen LogP contribution in [0.5, 0.6) is 0 Å². The van der Waals surface area contributed by atoms with Gasteiger partial charge in [0.2, 0.25) is 0 Å². The number of carbonyl (C=O) groups is 1. The van der Waals surface area contributed by atoms with E-state index in [-0.39, 0.29) is 38.3 Å². The largest absolute Gasteiger partial charge is 0.316 e. The third-order valence-electron chi connectivity index (χ3n) is 5.13. The van der Waals surface area contributed by atoms with Gasteiger partial charge in [-0.05, 0) is 10.8 Å². The lowest BCUT2D eigenvalue weighted by atomic mass is 9.19. The second kappa shape index (κ2) is 5.01. The summed E-state index contributed by atoms with van der Waals surface area (Å²) in [6.45, 7) is 0. The van der Waals surface area contributed by atoms with E-state index >= 15 is 0 Å². The Hall–Kier alpha value is -0.536. The highest BCUT2D eigenvalue weighted by Gasteiger charge is 2.69. The van der Waals surface area contributed by atoms with Crippen LogP contribution in [0.25, 0.3) is 0 Å². The van der Waals surface area contributed by atoms with Crippen molar-refractivity contribution in [2.45, 2.75) is 16.0 Å². The lowest BCUT2D eigenvalue weighted by molar-refractivity contribution is -0.121. The molecule has 0 fully saturated rings. The Labute approximate surface area is 157 Å². The first kappa shape index (κ1) is 18.3. The van der Waals surface area contributed by atoms with Gasteiger partial charge in [-0.1, -0.05) is 27.7 Å². The monoisotopic (exact) mass is 311 g/mol. The van der Waals surface area contributed by atoms with Crippen molar-refractivity contribution in [3.8, 4) is 0 Å². The fourth-order valence-corrected chi connectivity index (χ4v) is 4.29. The van der Waals surface area contributed by atoms with Crippen LogP contribution in [0.3, 0.4) is 0 Å². The van der Waals surface area contributed by atoms with Crippen LogP contribution in [0, 0.1) is 0 Å². The van der Waals surface area contributed by atoms with Crippen molar-refractivity contribution in [2.24, 2.45) is 5.73 Å². The van der Waals surface area contributed by atoms with E-state index < -0.39 is 27.9 Å². The summed E-state index contributed by atoms with van der Waals surface area (Å²) in [7, 11) is 48.3. The summed E-state index contributed by atoms with van der Waals surface area (Å²) in [4.78, 5) is 12.9. The van der Waals surface area contributed by atoms with Crippen LogP contribution >= 0.6 is 11.5 Å². The maximum atomic E-state index is 12.9. The molecule has 2 N–H and O–H groups in total. The number of ketones is 1. The van der Waals surface area contributed by atoms with Crippen LogP contribution < -0.4 is 33.0 Å². The SMILES string of the molecule is [B]C1=CC([B])([B])C2([B])B(Cl)c3c([B])c([B])c([B])c([B])c3C2(N)C1=O. The standard InChI is InChI=1S/C12H3B9ClNO/c13-2-1-10(18,19)12(20)11(23,9(2)24)3-4(14)5(15)6(16)7(17)8(3)21(12)22/h1H,23H2. The number of benzene rings is 1. The fourth-order valence-electron chi connectivity index (χ4n) is 3.70. The van der Waals surface area contributed by atoms with Gasteiger partial charge in [-0.2, -0.15) is 11.5 Å². The number of Topliss-reactive ketones (excluding diaryl/α,β-unsaturated/α-hetero) is 1. The van der Waals surface area contributed by atoms with Crippen LogP contribution in [0.1, 0.15) is 5.56 Å². The number of hydrogen-bond acceptors (Lipinski definition) is 2. The lowest BCUT2D eigenvalue weighted by Crippen LogP contribution is -2.64. The minimum atomic E-state index is -2.02. The average molecular weight is 310 g/mol. The first-order valence-electron chi connectivity index (χ1n) is 6.93. The van der Waals surface area contributed by atoms with Crippen LogP contribution in [-0.2, 0) is 10.3 Å². The predicted octanol–water partition coefficient (Wildman–Crippen LogP) is -5.58. The normalized spacial score (nSPS) is 30.7. The van der Waals surface area contributed by atoms with Gasteiger partial charge in [0.05, 0.1) is 29.1 Å². The van der Waals surface area contributed by atoms with E-state index in [1.807, 2.05) is 0 Å². The highest BCUT2D eigenvalue weighted by atomic mass is 35.5. The molecule has 3 rings (SSSR count). The van der Waals surface area contributed by atoms with E-state index in [9.17, 15) is 4.79 Å². The van der Waals surface area contributed by atoms with E-state index in [4.69, 9.17) is 80.0 Å². The maximum absolute atomic E-state index is 12.9. The average Bonchev–Trinajstić information content (AvgIpc) is 2.69. The van der Waals surface area contributed by atoms with Gasteiger partial charge >= 0.3 is 0 Å². The predicted molar refractivity (Wildman–Crippen MR) is 107 cm³/mol. The highest BCUT2D eigenvalue weighted by molar-refractivity contribution is 7.21. The second-order valence-electron chi connectivity index (χ2n) is 6.34. The fraction of sp³-hybridized carbons (Fsp3) is 0.250. The molecule has 0 aromatic heterocycles. The van der Waals surface area contributed by atoms with Crippen LogP contribution in [-0.4, -0.2) is 74.7 Å². The molecule has 1 aromatic rings. The van der Waals surface area contributed by atoms with Crippen LogP contribution in [0.15, 0.2) is 11.5 Å². The molecule has 0 bridgehead atoms. The van der Waals surface area contributed by atoms with E-state index in [0.29, 0.717) is 0 Å². The van der Waals surface area contributed by atoms with Crippen LogP contribution in [0.4, 0.5) is 0 Å². The molecule has 0 saturated heterocycles. The van der Waals surface area contributed by atoms with Crippen molar-refractivity contribution in [1.29, 1.82) is 0 Å². The van der Waals surface area contributed by atoms with Crippen molar-refractivity contribution >= 4 is 113 Å². The minimum absolute atomic E-state index is 0.00997. The Kier molecular flexibility index (Phi) is 3.81. The molecule has 12 heteroatoms. The molecular weight excluding hydrogens is 307 g/mol. The zero-order valence-electron chi connectivity index (χ0n) is 12.6. The Morgan fingerprint density at radius 1 is 0.958 bits per heavy atom. The smallest absolute Gasteiger partial charge is 0.282 e. The van der Waals surface area contributed by atoms with Gasteiger partial charge in [0.25, 0.3) is 6.13 Å². The van der Waals surface area contributed by atoms with Crippen molar-refractivity contribution in [3.63, 3.8) is 0 Å². The topological polar surface area (TPSA) is 43.1 Å². The Bertz CT molecular complexity index is 841. The van der Waals surface area contributed by atoms with E-state index in [2.05, 4.69) is 0 Å². The molecule has 96 valence electrons. The first-order chi connectivity index (χ1) is 10.8. The summed E-state index contributed by atoms with van der Waals surface area (Å²) in [5.41, 5.74) is 4.32. The maximum Gasteiger partial charge on any atom is 0.282 e. The zero-order valence-corrected chi connectivity index (χ0v) is 13.4. The molecule has 0 amide bonds. The molecule has 1 heterocycles. The Balaban J connectivity index is 2.54. The molecule has 2 nitrogen and oxygen atoms in total. The summed E-state index contributed by atoms with van der Waals surface area (Å²) in [5, 5.41) is -3.69. The first-order valence-corrected chi connectivity index (χ1v) is 7.36. The van der Waals surface area contributed by atoms with E-state index in [1.165, 1.54) is 0 Å². The zero-order chi connectivity index (χ0) is 18.4. The van der Waals surface area contributed by atoms with Crippen molar-refractivity contribution < 1.29 is 4.79 Å². The molecule has 2 unspecified atom stereocenters. The van der Waals surface area contributed by atoms with E-state index in [0.717, 1.165) is 6.08 Å². The molecule has 24 heavy (non-hydrogen) atoms. The minimum Gasteiger partial charge on any atom is -0.316 e.